The lowest BCUT2D eigenvalue weighted by Gasteiger charge is -2.08. The SMILES string of the molecule is O=C(O)CCn1nc(CNCc2cncc(Cc3ccc(Cn4ccccc4=O)cc3)c2)c2cc(Cl)ccc21. The minimum atomic E-state index is -0.861. The maximum atomic E-state index is 12.0. The van der Waals surface area contributed by atoms with Crippen molar-refractivity contribution >= 4 is 28.5 Å². The first-order valence-corrected chi connectivity index (χ1v) is 13.1. The minimum Gasteiger partial charge on any atom is -0.481 e. The van der Waals surface area contributed by atoms with Crippen LogP contribution >= 0.6 is 11.6 Å². The van der Waals surface area contributed by atoms with Crippen LogP contribution in [0.2, 0.25) is 5.02 Å². The van der Waals surface area contributed by atoms with E-state index in [9.17, 15) is 9.59 Å². The predicted octanol–water partition coefficient (Wildman–Crippen LogP) is 4.65. The highest BCUT2D eigenvalue weighted by Gasteiger charge is 2.12. The maximum Gasteiger partial charge on any atom is 0.305 e. The molecule has 3 heterocycles. The fraction of sp³-hybridized carbons (Fsp3) is 0.200. The van der Waals surface area contributed by atoms with Crippen LogP contribution in [0.1, 0.15) is 34.4 Å². The van der Waals surface area contributed by atoms with Crippen LogP contribution in [0, 0.1) is 0 Å². The summed E-state index contributed by atoms with van der Waals surface area (Å²) in [5.74, 6) is -0.861. The number of nitrogens with zero attached hydrogens (tertiary/aromatic N) is 4. The zero-order valence-electron chi connectivity index (χ0n) is 21.3. The van der Waals surface area contributed by atoms with Gasteiger partial charge in [-0.05, 0) is 52.9 Å². The van der Waals surface area contributed by atoms with Gasteiger partial charge >= 0.3 is 5.97 Å². The number of benzene rings is 2. The normalized spacial score (nSPS) is 11.2. The van der Waals surface area contributed by atoms with Gasteiger partial charge in [-0.1, -0.05) is 48.0 Å². The van der Waals surface area contributed by atoms with E-state index in [2.05, 4.69) is 45.7 Å². The molecular formula is C30H28ClN5O3. The quantitative estimate of drug-likeness (QED) is 0.252. The molecule has 0 saturated carbocycles. The molecule has 9 heteroatoms. The number of nitrogens with one attached hydrogen (secondary N) is 1. The van der Waals surface area contributed by atoms with Crippen molar-refractivity contribution in [1.82, 2.24) is 24.6 Å². The Bertz CT molecular complexity index is 1660. The summed E-state index contributed by atoms with van der Waals surface area (Å²) in [5, 5.41) is 18.7. The highest BCUT2D eigenvalue weighted by atomic mass is 35.5. The van der Waals surface area contributed by atoms with Crippen molar-refractivity contribution in [3.63, 3.8) is 0 Å². The highest BCUT2D eigenvalue weighted by molar-refractivity contribution is 6.31. The lowest BCUT2D eigenvalue weighted by Crippen LogP contribution is -2.18. The van der Waals surface area contributed by atoms with E-state index in [1.165, 1.54) is 5.56 Å². The first kappa shape index (κ1) is 26.3. The van der Waals surface area contributed by atoms with Gasteiger partial charge in [0.2, 0.25) is 0 Å². The Morgan fingerprint density at radius 3 is 2.51 bits per heavy atom. The number of aliphatic carboxylic acids is 1. The Kier molecular flexibility index (Phi) is 8.15. The van der Waals surface area contributed by atoms with Crippen molar-refractivity contribution in [2.75, 3.05) is 0 Å². The summed E-state index contributed by atoms with van der Waals surface area (Å²) in [6.45, 7) is 1.95. The summed E-state index contributed by atoms with van der Waals surface area (Å²) >= 11 is 6.22. The fourth-order valence-corrected chi connectivity index (χ4v) is 4.74. The van der Waals surface area contributed by atoms with Crippen LogP contribution in [0.15, 0.2) is 90.1 Å². The van der Waals surface area contributed by atoms with Gasteiger partial charge in [-0.2, -0.15) is 5.10 Å². The smallest absolute Gasteiger partial charge is 0.305 e. The average molecular weight is 542 g/mol. The Morgan fingerprint density at radius 2 is 1.72 bits per heavy atom. The van der Waals surface area contributed by atoms with E-state index in [4.69, 9.17) is 16.7 Å². The third-order valence-corrected chi connectivity index (χ3v) is 6.72. The zero-order valence-corrected chi connectivity index (χ0v) is 22.0. The summed E-state index contributed by atoms with van der Waals surface area (Å²) < 4.78 is 3.41. The zero-order chi connectivity index (χ0) is 27.2. The van der Waals surface area contributed by atoms with E-state index >= 15 is 0 Å². The average Bonchev–Trinajstić information content (AvgIpc) is 3.26. The second kappa shape index (κ2) is 12.1. The predicted molar refractivity (Wildman–Crippen MR) is 151 cm³/mol. The van der Waals surface area contributed by atoms with Gasteiger partial charge in [-0.3, -0.25) is 19.3 Å². The van der Waals surface area contributed by atoms with Gasteiger partial charge in [0.25, 0.3) is 5.56 Å². The molecule has 0 saturated heterocycles. The standard InChI is InChI=1S/C30H28ClN5O3/c31-25-8-9-28-26(15-25)27(34-36(28)12-10-30(38)39)19-33-18-24-14-23(16-32-17-24)13-21-4-6-22(7-5-21)20-35-11-2-1-3-29(35)37/h1-9,11,14-17,33H,10,12-13,18-20H2,(H,38,39). The van der Waals surface area contributed by atoms with Gasteiger partial charge in [-0.15, -0.1) is 0 Å². The molecule has 0 aliphatic rings. The molecule has 3 aromatic heterocycles. The van der Waals surface area contributed by atoms with Crippen molar-refractivity contribution < 1.29 is 9.90 Å². The molecule has 5 rings (SSSR count). The van der Waals surface area contributed by atoms with Gasteiger partial charge < -0.3 is 15.0 Å². The van der Waals surface area contributed by atoms with Crippen LogP contribution in [0.4, 0.5) is 0 Å². The number of aryl methyl sites for hydroxylation is 1. The molecule has 0 radical (unpaired) electrons. The monoisotopic (exact) mass is 541 g/mol. The molecule has 0 amide bonds. The number of halogens is 1. The summed E-state index contributed by atoms with van der Waals surface area (Å²) in [6.07, 6.45) is 6.27. The van der Waals surface area contributed by atoms with E-state index in [1.807, 2.05) is 30.6 Å². The third-order valence-electron chi connectivity index (χ3n) is 6.48. The molecule has 8 nitrogen and oxygen atoms in total. The van der Waals surface area contributed by atoms with Gasteiger partial charge in [0, 0.05) is 48.2 Å². The van der Waals surface area contributed by atoms with Crippen molar-refractivity contribution in [3.05, 3.63) is 129 Å². The molecule has 0 aliphatic heterocycles. The molecular weight excluding hydrogens is 514 g/mol. The van der Waals surface area contributed by atoms with E-state index in [-0.39, 0.29) is 12.0 Å². The summed E-state index contributed by atoms with van der Waals surface area (Å²) in [7, 11) is 0. The second-order valence-electron chi connectivity index (χ2n) is 9.44. The summed E-state index contributed by atoms with van der Waals surface area (Å²) in [4.78, 5) is 27.4. The van der Waals surface area contributed by atoms with Crippen LogP contribution < -0.4 is 10.9 Å². The summed E-state index contributed by atoms with van der Waals surface area (Å²) in [6, 6.07) is 21.1. The minimum absolute atomic E-state index is 0.000519. The van der Waals surface area contributed by atoms with Crippen LogP contribution in [-0.2, 0) is 37.4 Å². The van der Waals surface area contributed by atoms with E-state index in [1.54, 1.807) is 33.6 Å². The first-order chi connectivity index (χ1) is 18.9. The second-order valence-corrected chi connectivity index (χ2v) is 9.88. The molecule has 5 aromatic rings. The largest absolute Gasteiger partial charge is 0.481 e. The Hall–Kier alpha value is -4.27. The number of carbonyl (C=O) groups is 1. The van der Waals surface area contributed by atoms with Gasteiger partial charge in [0.05, 0.1) is 30.7 Å². The number of pyridine rings is 2. The number of carboxylic acid groups (broad SMARTS) is 1. The molecule has 39 heavy (non-hydrogen) atoms. The van der Waals surface area contributed by atoms with E-state index in [0.717, 1.165) is 39.7 Å². The van der Waals surface area contributed by atoms with E-state index in [0.29, 0.717) is 31.2 Å². The molecule has 0 atom stereocenters. The van der Waals surface area contributed by atoms with Crippen LogP contribution in [0.25, 0.3) is 10.9 Å². The topological polar surface area (TPSA) is 102 Å². The maximum absolute atomic E-state index is 12.0. The lowest BCUT2D eigenvalue weighted by atomic mass is 10.0. The van der Waals surface area contributed by atoms with Crippen molar-refractivity contribution in [1.29, 1.82) is 0 Å². The molecule has 0 spiro atoms. The third kappa shape index (κ3) is 6.79. The number of aromatic nitrogens is 4. The number of hydrogen-bond donors (Lipinski definition) is 2. The van der Waals surface area contributed by atoms with Crippen LogP contribution in [0.5, 0.6) is 0 Å². The molecule has 2 aromatic carbocycles. The summed E-state index contributed by atoms with van der Waals surface area (Å²) in [5.41, 5.74) is 6.07. The molecule has 0 bridgehead atoms. The van der Waals surface area contributed by atoms with Gasteiger partial charge in [0.15, 0.2) is 0 Å². The molecule has 0 fully saturated rings. The number of hydrogen-bond acceptors (Lipinski definition) is 5. The number of fused-ring (bicyclic) bond motifs is 1. The number of rotatable bonds is 11. The van der Waals surface area contributed by atoms with Crippen molar-refractivity contribution in [2.24, 2.45) is 0 Å². The van der Waals surface area contributed by atoms with Crippen LogP contribution in [-0.4, -0.2) is 30.4 Å². The van der Waals surface area contributed by atoms with E-state index < -0.39 is 5.97 Å². The molecule has 0 unspecified atom stereocenters. The molecule has 2 N–H and O–H groups in total. The fourth-order valence-electron chi connectivity index (χ4n) is 4.57. The Balaban J connectivity index is 1.21. The van der Waals surface area contributed by atoms with Crippen molar-refractivity contribution in [2.45, 2.75) is 39.0 Å². The van der Waals surface area contributed by atoms with Gasteiger partial charge in [0.1, 0.15) is 0 Å². The van der Waals surface area contributed by atoms with Gasteiger partial charge in [-0.25, -0.2) is 0 Å². The Labute approximate surface area is 230 Å². The number of carboxylic acids is 1. The highest BCUT2D eigenvalue weighted by Crippen LogP contribution is 2.23. The Morgan fingerprint density at radius 1 is 0.923 bits per heavy atom. The van der Waals surface area contributed by atoms with Crippen molar-refractivity contribution in [3.8, 4) is 0 Å². The first-order valence-electron chi connectivity index (χ1n) is 12.7. The van der Waals surface area contributed by atoms with Crippen LogP contribution in [0.3, 0.4) is 0 Å². The lowest BCUT2D eigenvalue weighted by molar-refractivity contribution is -0.137. The molecule has 198 valence electrons. The molecule has 0 aliphatic carbocycles.